The van der Waals surface area contributed by atoms with Crippen LogP contribution in [0.25, 0.3) is 27.7 Å². The van der Waals surface area contributed by atoms with Crippen LogP contribution >= 0.6 is 0 Å². The molecule has 0 saturated carbocycles. The molecule has 1 fully saturated rings. The van der Waals surface area contributed by atoms with Gasteiger partial charge in [-0.2, -0.15) is 5.10 Å². The van der Waals surface area contributed by atoms with Crippen molar-refractivity contribution in [1.29, 1.82) is 0 Å². The van der Waals surface area contributed by atoms with Crippen molar-refractivity contribution in [1.82, 2.24) is 24.4 Å². The van der Waals surface area contributed by atoms with Crippen LogP contribution in [0.1, 0.15) is 5.56 Å². The normalized spacial score (nSPS) is 15.8. The first kappa shape index (κ1) is 18.8. The van der Waals surface area contributed by atoms with Crippen LogP contribution in [0.2, 0.25) is 0 Å². The SMILES string of the molecule is COc1ccc(-c2cc3n[nH]c(=O)n3c3ccccc23)cc1CN1CCN(C)CC1. The number of H-pyrrole nitrogens is 1. The van der Waals surface area contributed by atoms with E-state index in [0.717, 1.165) is 60.5 Å². The number of aromatic nitrogens is 3. The van der Waals surface area contributed by atoms with E-state index in [1.165, 1.54) is 5.56 Å². The van der Waals surface area contributed by atoms with Gasteiger partial charge in [-0.25, -0.2) is 14.3 Å². The summed E-state index contributed by atoms with van der Waals surface area (Å²) in [5, 5.41) is 7.78. The Balaban J connectivity index is 1.62. The van der Waals surface area contributed by atoms with E-state index in [2.05, 4.69) is 39.2 Å². The van der Waals surface area contributed by atoms with E-state index in [1.54, 1.807) is 11.5 Å². The summed E-state index contributed by atoms with van der Waals surface area (Å²) >= 11 is 0. The van der Waals surface area contributed by atoms with Crippen LogP contribution in [-0.2, 0) is 6.54 Å². The Bertz CT molecular complexity index is 1270. The third-order valence-electron chi connectivity index (χ3n) is 5.99. The fraction of sp³-hybridized carbons (Fsp3) is 0.304. The van der Waals surface area contributed by atoms with Crippen LogP contribution in [-0.4, -0.2) is 64.7 Å². The number of aromatic amines is 1. The van der Waals surface area contributed by atoms with Gasteiger partial charge in [0.05, 0.1) is 12.6 Å². The summed E-state index contributed by atoms with van der Waals surface area (Å²) in [5.74, 6) is 0.902. The minimum atomic E-state index is -0.224. The molecule has 3 heterocycles. The van der Waals surface area contributed by atoms with E-state index in [4.69, 9.17) is 4.74 Å². The summed E-state index contributed by atoms with van der Waals surface area (Å²) in [7, 11) is 3.89. The summed E-state index contributed by atoms with van der Waals surface area (Å²) in [4.78, 5) is 17.1. The monoisotopic (exact) mass is 403 g/mol. The second-order valence-electron chi connectivity index (χ2n) is 7.90. The van der Waals surface area contributed by atoms with Gasteiger partial charge in [-0.3, -0.25) is 4.90 Å². The van der Waals surface area contributed by atoms with E-state index < -0.39 is 0 Å². The summed E-state index contributed by atoms with van der Waals surface area (Å²) in [6.45, 7) is 5.12. The molecule has 0 aliphatic carbocycles. The Morgan fingerprint density at radius 1 is 1.07 bits per heavy atom. The van der Waals surface area contributed by atoms with Crippen molar-refractivity contribution in [3.05, 3.63) is 64.6 Å². The summed E-state index contributed by atoms with van der Waals surface area (Å²) in [6, 6.07) is 16.2. The molecule has 2 aromatic carbocycles. The number of likely N-dealkylation sites (N-methyl/N-ethyl adjacent to an activating group) is 1. The molecular weight excluding hydrogens is 378 g/mol. The molecule has 0 spiro atoms. The zero-order valence-electron chi connectivity index (χ0n) is 17.3. The van der Waals surface area contributed by atoms with Gasteiger partial charge in [-0.05, 0) is 42.4 Å². The van der Waals surface area contributed by atoms with Crippen LogP contribution in [0, 0.1) is 0 Å². The number of methoxy groups -OCH3 is 1. The Labute approximate surface area is 174 Å². The lowest BCUT2D eigenvalue weighted by Crippen LogP contribution is -2.43. The lowest BCUT2D eigenvalue weighted by Gasteiger charge is -2.32. The van der Waals surface area contributed by atoms with Gasteiger partial charge in [0, 0.05) is 43.7 Å². The summed E-state index contributed by atoms with van der Waals surface area (Å²) < 4.78 is 7.28. The van der Waals surface area contributed by atoms with Crippen LogP contribution in [0.5, 0.6) is 5.75 Å². The maximum atomic E-state index is 12.2. The Kier molecular flexibility index (Phi) is 4.77. The molecule has 0 unspecified atom stereocenters. The Hall–Kier alpha value is -3.16. The molecule has 0 bridgehead atoms. The number of ether oxygens (including phenoxy) is 1. The number of benzene rings is 2. The molecular formula is C23H25N5O2. The van der Waals surface area contributed by atoms with Crippen molar-refractivity contribution >= 4 is 16.6 Å². The minimum absolute atomic E-state index is 0.224. The number of hydrogen-bond acceptors (Lipinski definition) is 5. The maximum absolute atomic E-state index is 12.2. The van der Waals surface area contributed by atoms with Crippen LogP contribution in [0.3, 0.4) is 0 Å². The van der Waals surface area contributed by atoms with Gasteiger partial charge in [0.25, 0.3) is 0 Å². The molecule has 30 heavy (non-hydrogen) atoms. The summed E-state index contributed by atoms with van der Waals surface area (Å²) in [6.07, 6.45) is 0. The van der Waals surface area contributed by atoms with E-state index in [0.29, 0.717) is 5.65 Å². The number of nitrogens with zero attached hydrogens (tertiary/aromatic N) is 4. The number of piperazine rings is 1. The highest BCUT2D eigenvalue weighted by Gasteiger charge is 2.17. The Morgan fingerprint density at radius 2 is 1.87 bits per heavy atom. The number of rotatable bonds is 4. The molecule has 0 amide bonds. The lowest BCUT2D eigenvalue weighted by atomic mass is 9.98. The van der Waals surface area contributed by atoms with E-state index >= 15 is 0 Å². The average molecular weight is 403 g/mol. The zero-order chi connectivity index (χ0) is 20.7. The van der Waals surface area contributed by atoms with Gasteiger partial charge in [-0.15, -0.1) is 0 Å². The first-order chi connectivity index (χ1) is 14.6. The van der Waals surface area contributed by atoms with Crippen LogP contribution in [0.4, 0.5) is 0 Å². The number of para-hydroxylation sites is 1. The molecule has 1 aliphatic rings. The molecule has 5 rings (SSSR count). The minimum Gasteiger partial charge on any atom is -0.496 e. The highest BCUT2D eigenvalue weighted by molar-refractivity contribution is 5.97. The highest BCUT2D eigenvalue weighted by atomic mass is 16.5. The third kappa shape index (κ3) is 3.26. The van der Waals surface area contributed by atoms with Crippen molar-refractivity contribution < 1.29 is 4.74 Å². The second-order valence-corrected chi connectivity index (χ2v) is 7.90. The fourth-order valence-electron chi connectivity index (χ4n) is 4.30. The second kappa shape index (κ2) is 7.59. The predicted molar refractivity (Wildman–Crippen MR) is 118 cm³/mol. The molecule has 1 saturated heterocycles. The van der Waals surface area contributed by atoms with E-state index in [-0.39, 0.29) is 5.69 Å². The van der Waals surface area contributed by atoms with Gasteiger partial charge in [0.1, 0.15) is 5.75 Å². The van der Waals surface area contributed by atoms with Crippen molar-refractivity contribution in [2.24, 2.45) is 0 Å². The zero-order valence-corrected chi connectivity index (χ0v) is 17.3. The number of nitrogens with one attached hydrogen (secondary N) is 1. The Morgan fingerprint density at radius 3 is 2.67 bits per heavy atom. The lowest BCUT2D eigenvalue weighted by molar-refractivity contribution is 0.147. The molecule has 4 aromatic rings. The molecule has 1 aliphatic heterocycles. The van der Waals surface area contributed by atoms with Crippen LogP contribution in [0.15, 0.2) is 53.3 Å². The van der Waals surface area contributed by atoms with Gasteiger partial charge >= 0.3 is 5.69 Å². The van der Waals surface area contributed by atoms with Crippen molar-refractivity contribution in [3.63, 3.8) is 0 Å². The largest absolute Gasteiger partial charge is 0.496 e. The number of pyridine rings is 1. The quantitative estimate of drug-likeness (QED) is 0.567. The average Bonchev–Trinajstić information content (AvgIpc) is 3.15. The number of hydrogen-bond donors (Lipinski definition) is 1. The molecule has 7 heteroatoms. The fourth-order valence-corrected chi connectivity index (χ4v) is 4.30. The molecule has 0 atom stereocenters. The van der Waals surface area contributed by atoms with Gasteiger partial charge in [0.2, 0.25) is 0 Å². The molecule has 2 aromatic heterocycles. The first-order valence-corrected chi connectivity index (χ1v) is 10.2. The highest BCUT2D eigenvalue weighted by Crippen LogP contribution is 2.33. The van der Waals surface area contributed by atoms with Crippen molar-refractivity contribution in [2.45, 2.75) is 6.54 Å². The molecule has 7 nitrogen and oxygen atoms in total. The topological polar surface area (TPSA) is 65.9 Å². The van der Waals surface area contributed by atoms with Gasteiger partial charge in [-0.1, -0.05) is 24.3 Å². The summed E-state index contributed by atoms with van der Waals surface area (Å²) in [5.41, 5.74) is 4.56. The number of fused-ring (bicyclic) bond motifs is 3. The first-order valence-electron chi connectivity index (χ1n) is 10.2. The molecule has 154 valence electrons. The standard InChI is InChI=1S/C23H25N5O2/c1-26-9-11-27(12-10-26)15-17-13-16(7-8-21(17)30-2)19-14-22-24-25-23(29)28(22)20-6-4-3-5-18(19)20/h3-8,13-14H,9-12,15H2,1-2H3,(H,25,29). The predicted octanol–water partition coefficient (Wildman–Crippen LogP) is 2.60. The van der Waals surface area contributed by atoms with Gasteiger partial charge < -0.3 is 9.64 Å². The van der Waals surface area contributed by atoms with Crippen molar-refractivity contribution in [3.8, 4) is 16.9 Å². The van der Waals surface area contributed by atoms with E-state index in [9.17, 15) is 4.79 Å². The molecule has 1 N–H and O–H groups in total. The third-order valence-corrected chi connectivity index (χ3v) is 5.99. The van der Waals surface area contributed by atoms with Crippen molar-refractivity contribution in [2.75, 3.05) is 40.3 Å². The van der Waals surface area contributed by atoms with E-state index in [1.807, 2.05) is 36.4 Å². The maximum Gasteiger partial charge on any atom is 0.348 e. The molecule has 0 radical (unpaired) electrons. The van der Waals surface area contributed by atoms with Gasteiger partial charge in [0.15, 0.2) is 5.65 Å². The van der Waals surface area contributed by atoms with Crippen LogP contribution < -0.4 is 10.4 Å². The smallest absolute Gasteiger partial charge is 0.348 e.